The molecule has 1 fully saturated rings. The van der Waals surface area contributed by atoms with Crippen molar-refractivity contribution in [3.8, 4) is 0 Å². The predicted molar refractivity (Wildman–Crippen MR) is 77.4 cm³/mol. The molecule has 3 nitrogen and oxygen atoms in total. The molecule has 1 aromatic carbocycles. The summed E-state index contributed by atoms with van der Waals surface area (Å²) in [6.07, 6.45) is 1.20. The number of nitrogens with two attached hydrogens (primary N) is 1. The second-order valence-corrected chi connectivity index (χ2v) is 5.97. The summed E-state index contributed by atoms with van der Waals surface area (Å²) in [5.41, 5.74) is 7.28. The fourth-order valence-corrected chi connectivity index (χ4v) is 3.21. The SMILES string of the molecule is CC1OCCC1(CN)N(C)Cc1cccc(Br)c1. The summed E-state index contributed by atoms with van der Waals surface area (Å²) in [6.45, 7) is 4.46. The molecule has 2 rings (SSSR count). The van der Waals surface area contributed by atoms with E-state index in [1.54, 1.807) is 0 Å². The fourth-order valence-electron chi connectivity index (χ4n) is 2.76. The van der Waals surface area contributed by atoms with E-state index in [-0.39, 0.29) is 11.6 Å². The molecular formula is C14H21BrN2O. The minimum Gasteiger partial charge on any atom is -0.376 e. The molecule has 1 aliphatic heterocycles. The summed E-state index contributed by atoms with van der Waals surface area (Å²) in [6, 6.07) is 8.41. The summed E-state index contributed by atoms with van der Waals surface area (Å²) < 4.78 is 6.83. The quantitative estimate of drug-likeness (QED) is 0.927. The van der Waals surface area contributed by atoms with Gasteiger partial charge in [0.25, 0.3) is 0 Å². The molecule has 4 heteroatoms. The minimum atomic E-state index is -0.0255. The Labute approximate surface area is 117 Å². The number of benzene rings is 1. The van der Waals surface area contributed by atoms with Crippen molar-refractivity contribution in [1.29, 1.82) is 0 Å². The molecule has 0 aliphatic carbocycles. The lowest BCUT2D eigenvalue weighted by molar-refractivity contribution is 0.0245. The Hall–Kier alpha value is -0.420. The van der Waals surface area contributed by atoms with E-state index in [0.29, 0.717) is 6.54 Å². The third kappa shape index (κ3) is 2.62. The highest BCUT2D eigenvalue weighted by molar-refractivity contribution is 9.10. The van der Waals surface area contributed by atoms with Crippen LogP contribution < -0.4 is 5.73 Å². The van der Waals surface area contributed by atoms with Crippen molar-refractivity contribution in [3.63, 3.8) is 0 Å². The first-order chi connectivity index (χ1) is 8.58. The number of halogens is 1. The van der Waals surface area contributed by atoms with E-state index in [9.17, 15) is 0 Å². The number of nitrogens with zero attached hydrogens (tertiary/aromatic N) is 1. The fraction of sp³-hybridized carbons (Fsp3) is 0.571. The van der Waals surface area contributed by atoms with Crippen LogP contribution in [0.3, 0.4) is 0 Å². The molecule has 0 bridgehead atoms. The van der Waals surface area contributed by atoms with Crippen LogP contribution in [-0.2, 0) is 11.3 Å². The molecule has 1 aliphatic rings. The molecule has 0 radical (unpaired) electrons. The maximum atomic E-state index is 6.01. The zero-order chi connectivity index (χ0) is 13.2. The van der Waals surface area contributed by atoms with Crippen molar-refractivity contribution in [3.05, 3.63) is 34.3 Å². The highest BCUT2D eigenvalue weighted by atomic mass is 79.9. The maximum absolute atomic E-state index is 6.01. The van der Waals surface area contributed by atoms with Gasteiger partial charge in [0.05, 0.1) is 11.6 Å². The molecule has 0 aromatic heterocycles. The molecule has 100 valence electrons. The lowest BCUT2D eigenvalue weighted by atomic mass is 9.90. The number of rotatable bonds is 4. The monoisotopic (exact) mass is 312 g/mol. The Kier molecular flexibility index (Phi) is 4.43. The largest absolute Gasteiger partial charge is 0.376 e. The standard InChI is InChI=1S/C14H21BrN2O/c1-11-14(10-16,6-7-18-11)17(2)9-12-4-3-5-13(15)8-12/h3-5,8,11H,6-7,9-10,16H2,1-2H3. The molecule has 0 saturated carbocycles. The van der Waals surface area contributed by atoms with Gasteiger partial charge in [-0.25, -0.2) is 0 Å². The third-order valence-electron chi connectivity index (χ3n) is 4.08. The van der Waals surface area contributed by atoms with Crippen LogP contribution in [0.2, 0.25) is 0 Å². The van der Waals surface area contributed by atoms with Crippen LogP contribution in [-0.4, -0.2) is 36.7 Å². The first kappa shape index (κ1) is 14.0. The smallest absolute Gasteiger partial charge is 0.0743 e. The molecule has 1 heterocycles. The van der Waals surface area contributed by atoms with Gasteiger partial charge in [0.15, 0.2) is 0 Å². The van der Waals surface area contributed by atoms with Gasteiger partial charge < -0.3 is 10.5 Å². The lowest BCUT2D eigenvalue weighted by Gasteiger charge is -2.40. The number of hydrogen-bond donors (Lipinski definition) is 1. The van der Waals surface area contributed by atoms with Gasteiger partial charge in [0.1, 0.15) is 0 Å². The first-order valence-corrected chi connectivity index (χ1v) is 7.15. The van der Waals surface area contributed by atoms with Crippen LogP contribution in [0.5, 0.6) is 0 Å². The van der Waals surface area contributed by atoms with Gasteiger partial charge in [0.2, 0.25) is 0 Å². The minimum absolute atomic E-state index is 0.0255. The summed E-state index contributed by atoms with van der Waals surface area (Å²) in [5, 5.41) is 0. The average molecular weight is 313 g/mol. The molecule has 0 amide bonds. The Bertz CT molecular complexity index is 413. The van der Waals surface area contributed by atoms with Crippen molar-refractivity contribution in [2.24, 2.45) is 5.73 Å². The van der Waals surface area contributed by atoms with Crippen LogP contribution in [0.25, 0.3) is 0 Å². The summed E-state index contributed by atoms with van der Waals surface area (Å²) in [4.78, 5) is 2.34. The van der Waals surface area contributed by atoms with Crippen LogP contribution in [0, 0.1) is 0 Å². The van der Waals surface area contributed by atoms with E-state index < -0.39 is 0 Å². The predicted octanol–water partition coefficient (Wildman–Crippen LogP) is 2.39. The van der Waals surface area contributed by atoms with E-state index in [4.69, 9.17) is 10.5 Å². The summed E-state index contributed by atoms with van der Waals surface area (Å²) in [5.74, 6) is 0. The summed E-state index contributed by atoms with van der Waals surface area (Å²) >= 11 is 3.51. The van der Waals surface area contributed by atoms with E-state index in [1.807, 2.05) is 6.07 Å². The van der Waals surface area contributed by atoms with Gasteiger partial charge in [-0.1, -0.05) is 28.1 Å². The lowest BCUT2D eigenvalue weighted by Crippen LogP contribution is -2.56. The normalized spacial score (nSPS) is 27.9. The van der Waals surface area contributed by atoms with Crippen molar-refractivity contribution in [1.82, 2.24) is 4.90 Å². The van der Waals surface area contributed by atoms with Crippen LogP contribution in [0.15, 0.2) is 28.7 Å². The van der Waals surface area contributed by atoms with Gasteiger partial charge in [-0.15, -0.1) is 0 Å². The van der Waals surface area contributed by atoms with Gasteiger partial charge >= 0.3 is 0 Å². The second kappa shape index (κ2) is 5.70. The first-order valence-electron chi connectivity index (χ1n) is 6.36. The van der Waals surface area contributed by atoms with Crippen LogP contribution in [0.1, 0.15) is 18.9 Å². The van der Waals surface area contributed by atoms with Crippen LogP contribution >= 0.6 is 15.9 Å². The highest BCUT2D eigenvalue weighted by Gasteiger charge is 2.43. The average Bonchev–Trinajstić information content (AvgIpc) is 2.71. The van der Waals surface area contributed by atoms with Crippen molar-refractivity contribution in [2.45, 2.75) is 31.5 Å². The Morgan fingerprint density at radius 3 is 2.89 bits per heavy atom. The third-order valence-corrected chi connectivity index (χ3v) is 4.58. The second-order valence-electron chi connectivity index (χ2n) is 5.06. The zero-order valence-corrected chi connectivity index (χ0v) is 12.6. The van der Waals surface area contributed by atoms with Crippen molar-refractivity contribution in [2.75, 3.05) is 20.2 Å². The molecule has 2 unspecified atom stereocenters. The highest BCUT2D eigenvalue weighted by Crippen LogP contribution is 2.31. The van der Waals surface area contributed by atoms with Crippen LogP contribution in [0.4, 0.5) is 0 Å². The number of ether oxygens (including phenoxy) is 1. The van der Waals surface area contributed by atoms with Gasteiger partial charge in [0, 0.05) is 24.2 Å². The number of likely N-dealkylation sites (N-methyl/N-ethyl adjacent to an activating group) is 1. The van der Waals surface area contributed by atoms with Crippen molar-refractivity contribution < 1.29 is 4.74 Å². The van der Waals surface area contributed by atoms with E-state index in [1.165, 1.54) is 5.56 Å². The van der Waals surface area contributed by atoms with Crippen molar-refractivity contribution >= 4 is 15.9 Å². The van der Waals surface area contributed by atoms with E-state index in [2.05, 4.69) is 53.0 Å². The molecule has 0 spiro atoms. The zero-order valence-electron chi connectivity index (χ0n) is 11.0. The molecule has 2 N–H and O–H groups in total. The van der Waals surface area contributed by atoms with Gasteiger partial charge in [-0.3, -0.25) is 4.90 Å². The number of hydrogen-bond acceptors (Lipinski definition) is 3. The Morgan fingerprint density at radius 1 is 1.56 bits per heavy atom. The molecule has 18 heavy (non-hydrogen) atoms. The Balaban J connectivity index is 2.13. The van der Waals surface area contributed by atoms with E-state index >= 15 is 0 Å². The molecular weight excluding hydrogens is 292 g/mol. The Morgan fingerprint density at radius 2 is 2.33 bits per heavy atom. The molecule has 1 saturated heterocycles. The van der Waals surface area contributed by atoms with Gasteiger partial charge in [-0.2, -0.15) is 0 Å². The van der Waals surface area contributed by atoms with Gasteiger partial charge in [-0.05, 0) is 38.1 Å². The maximum Gasteiger partial charge on any atom is 0.0743 e. The topological polar surface area (TPSA) is 38.5 Å². The summed E-state index contributed by atoms with van der Waals surface area (Å²) in [7, 11) is 2.14. The molecule has 1 aromatic rings. The van der Waals surface area contributed by atoms with E-state index in [0.717, 1.165) is 24.0 Å². The molecule has 2 atom stereocenters.